The van der Waals surface area contributed by atoms with Crippen molar-refractivity contribution in [3.63, 3.8) is 0 Å². The monoisotopic (exact) mass is 388 g/mol. The number of methoxy groups -OCH3 is 1. The third-order valence-electron chi connectivity index (χ3n) is 5.48. The van der Waals surface area contributed by atoms with E-state index in [1.165, 1.54) is 0 Å². The van der Waals surface area contributed by atoms with Crippen LogP contribution in [-0.4, -0.2) is 24.8 Å². The lowest BCUT2D eigenvalue weighted by atomic mass is 9.94. The normalized spacial score (nSPS) is 15.6. The standard InChI is InChI=1S/C23H20N2O4/c1-27-18-7-3-2-5-16(18)17-6-4-8-21(24-17)25-22(26)23(11-12-23)15-9-10-19-20(13-15)29-14-28-19/h2-10,13H,11-12,14H2,1H3,(H,24,25,26). The summed E-state index contributed by atoms with van der Waals surface area (Å²) < 4.78 is 16.3. The van der Waals surface area contributed by atoms with Crippen molar-refractivity contribution in [2.24, 2.45) is 0 Å². The number of fused-ring (bicyclic) bond motifs is 1. The molecule has 29 heavy (non-hydrogen) atoms. The molecule has 0 atom stereocenters. The van der Waals surface area contributed by atoms with E-state index in [0.717, 1.165) is 41.2 Å². The zero-order valence-electron chi connectivity index (χ0n) is 16.0. The molecule has 0 bridgehead atoms. The first kappa shape index (κ1) is 17.6. The lowest BCUT2D eigenvalue weighted by molar-refractivity contribution is -0.118. The zero-order chi connectivity index (χ0) is 19.8. The van der Waals surface area contributed by atoms with E-state index in [-0.39, 0.29) is 12.7 Å². The number of para-hydroxylation sites is 1. The SMILES string of the molecule is COc1ccccc1-c1cccc(NC(=O)C2(c3ccc4c(c3)OCO4)CC2)n1. The molecule has 0 unspecified atom stereocenters. The van der Waals surface area contributed by atoms with Gasteiger partial charge in [0, 0.05) is 5.56 Å². The molecular formula is C23H20N2O4. The molecule has 0 spiro atoms. The van der Waals surface area contributed by atoms with Crippen LogP contribution in [0.1, 0.15) is 18.4 Å². The highest BCUT2D eigenvalue weighted by Gasteiger charge is 2.51. The Morgan fingerprint density at radius 1 is 1.03 bits per heavy atom. The van der Waals surface area contributed by atoms with Crippen molar-refractivity contribution in [1.82, 2.24) is 4.98 Å². The molecule has 1 saturated carbocycles. The van der Waals surface area contributed by atoms with Crippen molar-refractivity contribution in [2.45, 2.75) is 18.3 Å². The molecule has 3 aromatic rings. The molecule has 5 rings (SSSR count). The predicted octanol–water partition coefficient (Wildman–Crippen LogP) is 4.16. The number of ether oxygens (including phenoxy) is 3. The number of hydrogen-bond acceptors (Lipinski definition) is 5. The van der Waals surface area contributed by atoms with Gasteiger partial charge in [-0.05, 0) is 54.8 Å². The Balaban J connectivity index is 1.40. The van der Waals surface area contributed by atoms with Crippen LogP contribution in [0.2, 0.25) is 0 Å². The first-order valence-corrected chi connectivity index (χ1v) is 9.52. The van der Waals surface area contributed by atoms with Gasteiger partial charge >= 0.3 is 0 Å². The molecule has 1 aliphatic heterocycles. The van der Waals surface area contributed by atoms with Crippen LogP contribution in [0, 0.1) is 0 Å². The summed E-state index contributed by atoms with van der Waals surface area (Å²) in [6.45, 7) is 0.220. The summed E-state index contributed by atoms with van der Waals surface area (Å²) >= 11 is 0. The molecule has 0 saturated heterocycles. The Kier molecular flexibility index (Phi) is 4.12. The zero-order valence-corrected chi connectivity index (χ0v) is 16.0. The van der Waals surface area contributed by atoms with Gasteiger partial charge in [-0.2, -0.15) is 0 Å². The van der Waals surface area contributed by atoms with Crippen molar-refractivity contribution >= 4 is 11.7 Å². The van der Waals surface area contributed by atoms with Gasteiger partial charge in [0.15, 0.2) is 11.5 Å². The number of nitrogens with zero attached hydrogens (tertiary/aromatic N) is 1. The maximum absolute atomic E-state index is 13.1. The van der Waals surface area contributed by atoms with Crippen LogP contribution >= 0.6 is 0 Å². The van der Waals surface area contributed by atoms with E-state index in [2.05, 4.69) is 10.3 Å². The maximum Gasteiger partial charge on any atom is 0.236 e. The van der Waals surface area contributed by atoms with Crippen LogP contribution in [0.15, 0.2) is 60.7 Å². The molecule has 146 valence electrons. The number of rotatable bonds is 5. The van der Waals surface area contributed by atoms with Crippen LogP contribution in [-0.2, 0) is 10.2 Å². The fourth-order valence-electron chi connectivity index (χ4n) is 3.71. The highest BCUT2D eigenvalue weighted by Crippen LogP contribution is 2.51. The number of anilines is 1. The summed E-state index contributed by atoms with van der Waals surface area (Å²) in [6, 6.07) is 19.0. The molecule has 6 heteroatoms. The Hall–Kier alpha value is -3.54. The number of amides is 1. The average Bonchev–Trinajstić information content (AvgIpc) is 3.45. The molecule has 2 aromatic carbocycles. The molecular weight excluding hydrogens is 368 g/mol. The van der Waals surface area contributed by atoms with E-state index in [1.54, 1.807) is 13.2 Å². The summed E-state index contributed by atoms with van der Waals surface area (Å²) in [4.78, 5) is 17.7. The van der Waals surface area contributed by atoms with E-state index >= 15 is 0 Å². The van der Waals surface area contributed by atoms with Crippen molar-refractivity contribution in [1.29, 1.82) is 0 Å². The first-order valence-electron chi connectivity index (χ1n) is 9.52. The van der Waals surface area contributed by atoms with Gasteiger partial charge in [0.2, 0.25) is 12.7 Å². The minimum absolute atomic E-state index is 0.0546. The van der Waals surface area contributed by atoms with Crippen LogP contribution < -0.4 is 19.5 Å². The van der Waals surface area contributed by atoms with E-state index < -0.39 is 5.41 Å². The number of pyridine rings is 1. The molecule has 0 radical (unpaired) electrons. The maximum atomic E-state index is 13.1. The van der Waals surface area contributed by atoms with Crippen LogP contribution in [0.25, 0.3) is 11.3 Å². The smallest absolute Gasteiger partial charge is 0.236 e. The average molecular weight is 388 g/mol. The molecule has 1 amide bonds. The largest absolute Gasteiger partial charge is 0.496 e. The fraction of sp³-hybridized carbons (Fsp3) is 0.217. The highest BCUT2D eigenvalue weighted by molar-refractivity contribution is 6.01. The van der Waals surface area contributed by atoms with Crippen molar-refractivity contribution in [3.8, 4) is 28.5 Å². The van der Waals surface area contributed by atoms with E-state index in [0.29, 0.717) is 11.6 Å². The molecule has 1 aliphatic carbocycles. The van der Waals surface area contributed by atoms with E-state index in [1.807, 2.05) is 54.6 Å². The molecule has 1 aromatic heterocycles. The first-order chi connectivity index (χ1) is 14.2. The number of benzene rings is 2. The van der Waals surface area contributed by atoms with Crippen molar-refractivity contribution in [3.05, 3.63) is 66.2 Å². The van der Waals surface area contributed by atoms with Gasteiger partial charge in [-0.15, -0.1) is 0 Å². The van der Waals surface area contributed by atoms with Crippen molar-refractivity contribution in [2.75, 3.05) is 19.2 Å². The number of carbonyl (C=O) groups is 1. The fourth-order valence-corrected chi connectivity index (χ4v) is 3.71. The Labute approximate surface area is 168 Å². The third-order valence-corrected chi connectivity index (χ3v) is 5.48. The molecule has 2 aliphatic rings. The lowest BCUT2D eigenvalue weighted by Crippen LogP contribution is -2.28. The number of carbonyl (C=O) groups excluding carboxylic acids is 1. The summed E-state index contributed by atoms with van der Waals surface area (Å²) in [5.41, 5.74) is 2.03. The molecule has 6 nitrogen and oxygen atoms in total. The molecule has 1 N–H and O–H groups in total. The van der Waals surface area contributed by atoms with Crippen LogP contribution in [0.5, 0.6) is 17.2 Å². The van der Waals surface area contributed by atoms with Gasteiger partial charge in [-0.25, -0.2) is 4.98 Å². The van der Waals surface area contributed by atoms with E-state index in [4.69, 9.17) is 14.2 Å². The minimum Gasteiger partial charge on any atom is -0.496 e. The Morgan fingerprint density at radius 3 is 2.69 bits per heavy atom. The van der Waals surface area contributed by atoms with Gasteiger partial charge in [0.1, 0.15) is 11.6 Å². The minimum atomic E-state index is -0.539. The topological polar surface area (TPSA) is 69.7 Å². The molecule has 1 fully saturated rings. The highest BCUT2D eigenvalue weighted by atomic mass is 16.7. The summed E-state index contributed by atoms with van der Waals surface area (Å²) in [5, 5.41) is 3.00. The third kappa shape index (κ3) is 3.06. The number of hydrogen-bond donors (Lipinski definition) is 1. The number of nitrogens with one attached hydrogen (secondary N) is 1. The second-order valence-corrected chi connectivity index (χ2v) is 7.21. The van der Waals surface area contributed by atoms with Crippen LogP contribution in [0.4, 0.5) is 5.82 Å². The quantitative estimate of drug-likeness (QED) is 0.711. The lowest BCUT2D eigenvalue weighted by Gasteiger charge is -2.16. The van der Waals surface area contributed by atoms with Crippen molar-refractivity contribution < 1.29 is 19.0 Å². The van der Waals surface area contributed by atoms with Gasteiger partial charge < -0.3 is 19.5 Å². The van der Waals surface area contributed by atoms with Gasteiger partial charge in [-0.3, -0.25) is 4.79 Å². The Morgan fingerprint density at radius 2 is 1.86 bits per heavy atom. The van der Waals surface area contributed by atoms with Gasteiger partial charge in [0.05, 0.1) is 18.2 Å². The van der Waals surface area contributed by atoms with Gasteiger partial charge in [-0.1, -0.05) is 24.3 Å². The molecule has 2 heterocycles. The number of aromatic nitrogens is 1. The summed E-state index contributed by atoms with van der Waals surface area (Å²) in [7, 11) is 1.63. The van der Waals surface area contributed by atoms with Crippen LogP contribution in [0.3, 0.4) is 0 Å². The summed E-state index contributed by atoms with van der Waals surface area (Å²) in [5.74, 6) is 2.61. The second kappa shape index (κ2) is 6.81. The predicted molar refractivity (Wildman–Crippen MR) is 108 cm³/mol. The Bertz CT molecular complexity index is 1090. The summed E-state index contributed by atoms with van der Waals surface area (Å²) in [6.07, 6.45) is 1.59. The van der Waals surface area contributed by atoms with Gasteiger partial charge in [0.25, 0.3) is 0 Å². The van der Waals surface area contributed by atoms with E-state index in [9.17, 15) is 4.79 Å². The second-order valence-electron chi connectivity index (χ2n) is 7.21.